The van der Waals surface area contributed by atoms with Crippen molar-refractivity contribution in [2.45, 2.75) is 0 Å². The molecule has 3 nitrogen and oxygen atoms in total. The molecule has 76 valence electrons. The first kappa shape index (κ1) is 9.80. The zero-order chi connectivity index (χ0) is 10.7. The molecule has 0 atom stereocenters. The Bertz CT molecular complexity index is 430. The van der Waals surface area contributed by atoms with Crippen molar-refractivity contribution in [2.24, 2.45) is 0 Å². The Kier molecular flexibility index (Phi) is 2.74. The molecule has 15 heavy (non-hydrogen) atoms. The lowest BCUT2D eigenvalue weighted by molar-refractivity contribution is 0.403. The van der Waals surface area contributed by atoms with Crippen LogP contribution >= 0.6 is 11.6 Å². The fourth-order valence-corrected chi connectivity index (χ4v) is 1.25. The van der Waals surface area contributed by atoms with E-state index in [1.54, 1.807) is 36.5 Å². The van der Waals surface area contributed by atoms with Crippen molar-refractivity contribution >= 4 is 11.6 Å². The molecule has 0 aliphatic rings. The van der Waals surface area contributed by atoms with E-state index in [0.29, 0.717) is 10.8 Å². The van der Waals surface area contributed by atoms with Crippen LogP contribution in [0, 0.1) is 0 Å². The molecule has 0 radical (unpaired) electrons. The Morgan fingerprint density at radius 3 is 2.67 bits per heavy atom. The molecule has 2 aromatic rings. The maximum atomic E-state index is 9.47. The van der Waals surface area contributed by atoms with Gasteiger partial charge < -0.3 is 9.84 Å². The topological polar surface area (TPSA) is 42.4 Å². The molecular formula is C11H8ClNO2. The quantitative estimate of drug-likeness (QED) is 0.847. The van der Waals surface area contributed by atoms with Crippen LogP contribution in [0.2, 0.25) is 5.02 Å². The number of rotatable bonds is 2. The molecule has 1 aromatic heterocycles. The summed E-state index contributed by atoms with van der Waals surface area (Å²) in [5.41, 5.74) is 0. The first-order valence-electron chi connectivity index (χ1n) is 4.34. The fourth-order valence-electron chi connectivity index (χ4n) is 1.09. The van der Waals surface area contributed by atoms with Crippen LogP contribution in [0.4, 0.5) is 0 Å². The number of benzene rings is 1. The molecular weight excluding hydrogens is 214 g/mol. The highest BCUT2D eigenvalue weighted by atomic mass is 35.5. The monoisotopic (exact) mass is 221 g/mol. The molecule has 2 rings (SSSR count). The van der Waals surface area contributed by atoms with Gasteiger partial charge in [-0.3, -0.25) is 0 Å². The second kappa shape index (κ2) is 4.19. The van der Waals surface area contributed by atoms with Crippen molar-refractivity contribution in [2.75, 3.05) is 0 Å². The largest absolute Gasteiger partial charge is 0.504 e. The number of halogens is 1. The van der Waals surface area contributed by atoms with E-state index in [-0.39, 0.29) is 11.6 Å². The molecule has 0 aliphatic carbocycles. The summed E-state index contributed by atoms with van der Waals surface area (Å²) in [4.78, 5) is 3.95. The zero-order valence-corrected chi connectivity index (χ0v) is 8.48. The van der Waals surface area contributed by atoms with E-state index in [4.69, 9.17) is 16.3 Å². The minimum absolute atomic E-state index is 0.0548. The first-order chi connectivity index (χ1) is 7.27. The van der Waals surface area contributed by atoms with Gasteiger partial charge in [0, 0.05) is 6.20 Å². The number of ether oxygens (including phenoxy) is 1. The lowest BCUT2D eigenvalue weighted by Crippen LogP contribution is -1.88. The molecule has 1 aromatic carbocycles. The number of aromatic nitrogens is 1. The highest BCUT2D eigenvalue weighted by molar-refractivity contribution is 6.31. The number of aromatic hydroxyl groups is 1. The van der Waals surface area contributed by atoms with Crippen molar-refractivity contribution in [3.63, 3.8) is 0 Å². The average molecular weight is 222 g/mol. The normalized spacial score (nSPS) is 9.93. The minimum atomic E-state index is 0.0548. The Balaban J connectivity index is 2.30. The van der Waals surface area contributed by atoms with E-state index in [1.165, 1.54) is 6.07 Å². The van der Waals surface area contributed by atoms with Crippen molar-refractivity contribution < 1.29 is 9.84 Å². The highest BCUT2D eigenvalue weighted by Crippen LogP contribution is 2.31. The number of phenols is 1. The van der Waals surface area contributed by atoms with Crippen molar-refractivity contribution in [3.8, 4) is 17.4 Å². The van der Waals surface area contributed by atoms with E-state index in [0.717, 1.165) is 0 Å². The lowest BCUT2D eigenvalue weighted by Gasteiger charge is -2.06. The predicted molar refractivity (Wildman–Crippen MR) is 57.4 cm³/mol. The van der Waals surface area contributed by atoms with E-state index < -0.39 is 0 Å². The van der Waals surface area contributed by atoms with Crippen molar-refractivity contribution in [1.29, 1.82) is 0 Å². The van der Waals surface area contributed by atoms with Crippen LogP contribution in [0.5, 0.6) is 17.4 Å². The Hall–Kier alpha value is -1.74. The van der Waals surface area contributed by atoms with Gasteiger partial charge in [0.1, 0.15) is 5.02 Å². The minimum Gasteiger partial charge on any atom is -0.504 e. The third-order valence-corrected chi connectivity index (χ3v) is 2.08. The number of para-hydroxylation sites is 2. The molecule has 0 saturated carbocycles. The van der Waals surface area contributed by atoms with Gasteiger partial charge in [-0.15, -0.1) is 0 Å². The molecule has 1 heterocycles. The van der Waals surface area contributed by atoms with Gasteiger partial charge in [-0.05, 0) is 24.3 Å². The predicted octanol–water partition coefficient (Wildman–Crippen LogP) is 3.23. The SMILES string of the molecule is Oc1ccccc1Oc1ncccc1Cl. The van der Waals surface area contributed by atoms with Gasteiger partial charge in [0.2, 0.25) is 5.88 Å². The third kappa shape index (κ3) is 2.19. The van der Waals surface area contributed by atoms with Crippen LogP contribution in [0.3, 0.4) is 0 Å². The van der Waals surface area contributed by atoms with E-state index in [9.17, 15) is 5.11 Å². The number of phenolic OH excluding ortho intramolecular Hbond substituents is 1. The van der Waals surface area contributed by atoms with E-state index >= 15 is 0 Å². The highest BCUT2D eigenvalue weighted by Gasteiger charge is 2.06. The molecule has 1 N–H and O–H groups in total. The number of nitrogens with zero attached hydrogens (tertiary/aromatic N) is 1. The maximum absolute atomic E-state index is 9.47. The summed E-state index contributed by atoms with van der Waals surface area (Å²) in [7, 11) is 0. The third-order valence-electron chi connectivity index (χ3n) is 1.80. The van der Waals surface area contributed by atoms with Gasteiger partial charge in [-0.2, -0.15) is 0 Å². The number of hydrogen-bond acceptors (Lipinski definition) is 3. The average Bonchev–Trinajstić information content (AvgIpc) is 2.24. The molecule has 0 unspecified atom stereocenters. The smallest absolute Gasteiger partial charge is 0.238 e. The van der Waals surface area contributed by atoms with Crippen LogP contribution in [-0.4, -0.2) is 10.1 Å². The summed E-state index contributed by atoms with van der Waals surface area (Å²) >= 11 is 5.86. The standard InChI is InChI=1S/C11H8ClNO2/c12-8-4-3-7-13-11(8)15-10-6-2-1-5-9(10)14/h1-7,14H. The van der Waals surface area contributed by atoms with Gasteiger partial charge in [0.05, 0.1) is 0 Å². The molecule has 0 bridgehead atoms. The van der Waals surface area contributed by atoms with Gasteiger partial charge in [-0.25, -0.2) is 4.98 Å². The van der Waals surface area contributed by atoms with Crippen LogP contribution in [-0.2, 0) is 0 Å². The van der Waals surface area contributed by atoms with Gasteiger partial charge >= 0.3 is 0 Å². The number of hydrogen-bond donors (Lipinski definition) is 1. The summed E-state index contributed by atoms with van der Waals surface area (Å²) in [5.74, 6) is 0.665. The summed E-state index contributed by atoms with van der Waals surface area (Å²) in [6.45, 7) is 0. The Labute approximate surface area is 91.9 Å². The van der Waals surface area contributed by atoms with Crippen LogP contribution in [0.15, 0.2) is 42.6 Å². The zero-order valence-electron chi connectivity index (χ0n) is 7.72. The second-order valence-electron chi connectivity index (χ2n) is 2.86. The summed E-state index contributed by atoms with van der Waals surface area (Å²) in [5, 5.41) is 9.87. The van der Waals surface area contributed by atoms with Gasteiger partial charge in [0.15, 0.2) is 11.5 Å². The lowest BCUT2D eigenvalue weighted by atomic mass is 10.3. The van der Waals surface area contributed by atoms with Crippen molar-refractivity contribution in [1.82, 2.24) is 4.98 Å². The second-order valence-corrected chi connectivity index (χ2v) is 3.27. The summed E-state index contributed by atoms with van der Waals surface area (Å²) < 4.78 is 5.35. The summed E-state index contributed by atoms with van der Waals surface area (Å²) in [6.07, 6.45) is 1.57. The fraction of sp³-hybridized carbons (Fsp3) is 0. The van der Waals surface area contributed by atoms with Crippen LogP contribution in [0.25, 0.3) is 0 Å². The molecule has 4 heteroatoms. The van der Waals surface area contributed by atoms with Gasteiger partial charge in [0.25, 0.3) is 0 Å². The molecule has 0 aliphatic heterocycles. The Morgan fingerprint density at radius 2 is 1.93 bits per heavy atom. The molecule has 0 spiro atoms. The Morgan fingerprint density at radius 1 is 1.13 bits per heavy atom. The molecule has 0 fully saturated rings. The summed E-state index contributed by atoms with van der Waals surface area (Å²) in [6, 6.07) is 10.0. The van der Waals surface area contributed by atoms with E-state index in [1.807, 2.05) is 0 Å². The van der Waals surface area contributed by atoms with E-state index in [2.05, 4.69) is 4.98 Å². The van der Waals surface area contributed by atoms with Crippen molar-refractivity contribution in [3.05, 3.63) is 47.6 Å². The van der Waals surface area contributed by atoms with Gasteiger partial charge in [-0.1, -0.05) is 23.7 Å². The van der Waals surface area contributed by atoms with Crippen LogP contribution < -0.4 is 4.74 Å². The first-order valence-corrected chi connectivity index (χ1v) is 4.71. The maximum Gasteiger partial charge on any atom is 0.238 e. The number of pyridine rings is 1. The van der Waals surface area contributed by atoms with Crippen LogP contribution in [0.1, 0.15) is 0 Å². The molecule has 0 amide bonds. The molecule has 0 saturated heterocycles.